The van der Waals surface area contributed by atoms with Crippen LogP contribution in [0, 0.1) is 5.92 Å². The second-order valence-corrected chi connectivity index (χ2v) is 7.71. The minimum atomic E-state index is -0.625. The number of likely N-dealkylation sites (tertiary alicyclic amines) is 1. The summed E-state index contributed by atoms with van der Waals surface area (Å²) in [7, 11) is 1.69. The second-order valence-electron chi connectivity index (χ2n) is 7.71. The second kappa shape index (κ2) is 8.40. The molecule has 0 radical (unpaired) electrons. The van der Waals surface area contributed by atoms with E-state index in [-0.39, 0.29) is 17.9 Å². The zero-order chi connectivity index (χ0) is 18.6. The number of benzene rings is 1. The summed E-state index contributed by atoms with van der Waals surface area (Å²) in [6.45, 7) is 3.87. The minimum Gasteiger partial charge on any atom is -0.496 e. The number of nitrogens with zero attached hydrogens (tertiary/aromatic N) is 1. The monoisotopic (exact) mass is 360 g/mol. The van der Waals surface area contributed by atoms with Crippen molar-refractivity contribution in [2.75, 3.05) is 26.7 Å². The van der Waals surface area contributed by atoms with Crippen LogP contribution in [0.25, 0.3) is 0 Å². The van der Waals surface area contributed by atoms with E-state index in [9.17, 15) is 9.90 Å². The number of hydrogen-bond donors (Lipinski definition) is 2. The molecule has 2 fully saturated rings. The predicted molar refractivity (Wildman–Crippen MR) is 102 cm³/mol. The van der Waals surface area contributed by atoms with Crippen LogP contribution in [0.15, 0.2) is 24.3 Å². The Kier molecular flexibility index (Phi) is 6.20. The van der Waals surface area contributed by atoms with Gasteiger partial charge in [0.1, 0.15) is 5.75 Å². The summed E-state index contributed by atoms with van der Waals surface area (Å²) in [4.78, 5) is 14.6. The largest absolute Gasteiger partial charge is 0.496 e. The van der Waals surface area contributed by atoms with Gasteiger partial charge in [0.05, 0.1) is 19.3 Å². The van der Waals surface area contributed by atoms with Crippen LogP contribution in [0.3, 0.4) is 0 Å². The fraction of sp³-hybridized carbons (Fsp3) is 0.667. The number of hydrogen-bond acceptors (Lipinski definition) is 4. The number of piperidine rings is 1. The molecule has 0 spiro atoms. The van der Waals surface area contributed by atoms with E-state index in [1.54, 1.807) is 7.11 Å². The fourth-order valence-corrected chi connectivity index (χ4v) is 4.75. The van der Waals surface area contributed by atoms with E-state index < -0.39 is 5.60 Å². The highest BCUT2D eigenvalue weighted by Crippen LogP contribution is 2.50. The van der Waals surface area contributed by atoms with Crippen LogP contribution < -0.4 is 10.1 Å². The van der Waals surface area contributed by atoms with E-state index in [1.807, 2.05) is 18.2 Å². The Hall–Kier alpha value is -1.59. The van der Waals surface area contributed by atoms with Gasteiger partial charge in [0.25, 0.3) is 0 Å². The molecule has 26 heavy (non-hydrogen) atoms. The maximum absolute atomic E-state index is 12.4. The summed E-state index contributed by atoms with van der Waals surface area (Å²) >= 11 is 0. The van der Waals surface area contributed by atoms with Crippen molar-refractivity contribution >= 4 is 5.91 Å². The van der Waals surface area contributed by atoms with Gasteiger partial charge in [-0.2, -0.15) is 0 Å². The third kappa shape index (κ3) is 3.89. The number of ether oxygens (including phenoxy) is 1. The zero-order valence-electron chi connectivity index (χ0n) is 16.0. The minimum absolute atomic E-state index is 0.0116. The number of para-hydroxylation sites is 1. The van der Waals surface area contributed by atoms with Crippen LogP contribution in [0.5, 0.6) is 5.75 Å². The van der Waals surface area contributed by atoms with Crippen molar-refractivity contribution in [3.05, 3.63) is 29.8 Å². The van der Waals surface area contributed by atoms with Crippen molar-refractivity contribution in [2.45, 2.75) is 57.1 Å². The molecule has 2 N–H and O–H groups in total. The van der Waals surface area contributed by atoms with E-state index >= 15 is 0 Å². The van der Waals surface area contributed by atoms with E-state index in [0.717, 1.165) is 56.4 Å². The summed E-state index contributed by atoms with van der Waals surface area (Å²) in [5.74, 6) is 1.04. The highest BCUT2D eigenvalue weighted by atomic mass is 16.5. The quantitative estimate of drug-likeness (QED) is 0.819. The van der Waals surface area contributed by atoms with Gasteiger partial charge < -0.3 is 15.2 Å². The molecule has 5 heteroatoms. The summed E-state index contributed by atoms with van der Waals surface area (Å²) in [6, 6.07) is 8.06. The number of aliphatic hydroxyl groups is 1. The first-order valence-corrected chi connectivity index (χ1v) is 9.95. The maximum atomic E-state index is 12.4. The van der Waals surface area contributed by atoms with Crippen LogP contribution in [0.1, 0.15) is 57.1 Å². The molecule has 1 heterocycles. The molecule has 1 aliphatic heterocycles. The smallest absolute Gasteiger partial charge is 0.234 e. The van der Waals surface area contributed by atoms with Gasteiger partial charge in [-0.15, -0.1) is 0 Å². The molecule has 1 aromatic carbocycles. The van der Waals surface area contributed by atoms with Gasteiger partial charge >= 0.3 is 0 Å². The highest BCUT2D eigenvalue weighted by molar-refractivity contribution is 5.78. The third-order valence-corrected chi connectivity index (χ3v) is 6.05. The van der Waals surface area contributed by atoms with Crippen molar-refractivity contribution in [3.8, 4) is 5.75 Å². The van der Waals surface area contributed by atoms with Crippen molar-refractivity contribution in [3.63, 3.8) is 0 Å². The van der Waals surface area contributed by atoms with Crippen molar-refractivity contribution in [1.29, 1.82) is 0 Å². The number of rotatable bonds is 6. The Morgan fingerprint density at radius 3 is 2.92 bits per heavy atom. The zero-order valence-corrected chi connectivity index (χ0v) is 16.0. The normalized spacial score (nSPS) is 29.0. The number of methoxy groups -OCH3 is 1. The fourth-order valence-electron chi connectivity index (χ4n) is 4.75. The predicted octanol–water partition coefficient (Wildman–Crippen LogP) is 2.89. The molecule has 5 nitrogen and oxygen atoms in total. The maximum Gasteiger partial charge on any atom is 0.234 e. The standard InChI is InChI=1S/C21H32N2O3/c1-3-13-22-19(24)15-23-14-12-21(25)11-7-6-9-17(21)20(23)16-8-4-5-10-18(16)26-2/h4-5,8,10,17,20,25H,3,6-7,9,11-15H2,1-2H3,(H,22,24)/t17-,20+,21-/m1/s1. The van der Waals surface area contributed by atoms with Crippen LogP contribution in [-0.4, -0.2) is 48.3 Å². The lowest BCUT2D eigenvalue weighted by molar-refractivity contribution is -0.138. The average molecular weight is 360 g/mol. The molecule has 1 amide bonds. The van der Waals surface area contributed by atoms with Gasteiger partial charge in [-0.3, -0.25) is 9.69 Å². The lowest BCUT2D eigenvalue weighted by Gasteiger charge is -2.52. The molecule has 0 bridgehead atoms. The van der Waals surface area contributed by atoms with Gasteiger partial charge in [0.15, 0.2) is 0 Å². The van der Waals surface area contributed by atoms with Crippen molar-refractivity contribution in [1.82, 2.24) is 10.2 Å². The first kappa shape index (κ1) is 19.2. The van der Waals surface area contributed by atoms with Gasteiger partial charge in [-0.25, -0.2) is 0 Å². The summed E-state index contributed by atoms with van der Waals surface area (Å²) in [5.41, 5.74) is 0.462. The third-order valence-electron chi connectivity index (χ3n) is 6.05. The molecule has 1 saturated heterocycles. The lowest BCUT2D eigenvalue weighted by atomic mass is 9.66. The van der Waals surface area contributed by atoms with E-state index in [4.69, 9.17) is 4.74 Å². The Morgan fingerprint density at radius 1 is 1.35 bits per heavy atom. The first-order valence-electron chi connectivity index (χ1n) is 9.95. The van der Waals surface area contributed by atoms with Crippen molar-refractivity contribution in [2.24, 2.45) is 5.92 Å². The molecule has 1 aromatic rings. The molecule has 2 aliphatic rings. The molecule has 1 saturated carbocycles. The van der Waals surface area contributed by atoms with Gasteiger partial charge in [0, 0.05) is 30.6 Å². The summed E-state index contributed by atoms with van der Waals surface area (Å²) in [5, 5.41) is 14.3. The Bertz CT molecular complexity index is 621. The number of nitrogens with one attached hydrogen (secondary N) is 1. The Balaban J connectivity index is 1.91. The molecular weight excluding hydrogens is 328 g/mol. The van der Waals surface area contributed by atoms with E-state index in [1.165, 1.54) is 0 Å². The number of amides is 1. The lowest BCUT2D eigenvalue weighted by Crippen LogP contribution is -2.56. The Morgan fingerprint density at radius 2 is 2.15 bits per heavy atom. The van der Waals surface area contributed by atoms with E-state index in [0.29, 0.717) is 13.1 Å². The molecule has 1 aliphatic carbocycles. The summed E-state index contributed by atoms with van der Waals surface area (Å²) < 4.78 is 5.62. The first-order chi connectivity index (χ1) is 12.6. The Labute approximate surface area is 156 Å². The van der Waals surface area contributed by atoms with Crippen LogP contribution in [0.4, 0.5) is 0 Å². The van der Waals surface area contributed by atoms with Crippen molar-refractivity contribution < 1.29 is 14.6 Å². The molecular formula is C21H32N2O3. The molecule has 144 valence electrons. The SMILES string of the molecule is CCCNC(=O)CN1CC[C@]2(O)CCCC[C@@H]2[C@@H]1c1ccccc1OC. The number of carbonyl (C=O) groups is 1. The summed E-state index contributed by atoms with van der Waals surface area (Å²) in [6.07, 6.45) is 5.75. The van der Waals surface area contributed by atoms with Crippen LogP contribution in [-0.2, 0) is 4.79 Å². The average Bonchev–Trinajstić information content (AvgIpc) is 2.66. The van der Waals surface area contributed by atoms with Crippen LogP contribution >= 0.6 is 0 Å². The van der Waals surface area contributed by atoms with Gasteiger partial charge in [0.2, 0.25) is 5.91 Å². The molecule has 0 unspecified atom stereocenters. The molecule has 3 rings (SSSR count). The number of carbonyl (C=O) groups excluding carboxylic acids is 1. The van der Waals surface area contributed by atoms with Gasteiger partial charge in [-0.05, 0) is 31.7 Å². The van der Waals surface area contributed by atoms with E-state index in [2.05, 4.69) is 23.2 Å². The molecule has 0 aromatic heterocycles. The highest BCUT2D eigenvalue weighted by Gasteiger charge is 2.49. The van der Waals surface area contributed by atoms with Crippen LogP contribution in [0.2, 0.25) is 0 Å². The topological polar surface area (TPSA) is 61.8 Å². The van der Waals surface area contributed by atoms with Gasteiger partial charge in [-0.1, -0.05) is 38.0 Å². The number of fused-ring (bicyclic) bond motifs is 1. The molecule has 3 atom stereocenters.